The Labute approximate surface area is 156 Å². The highest BCUT2D eigenvalue weighted by Gasteiger charge is 2.38. The van der Waals surface area contributed by atoms with Crippen molar-refractivity contribution in [3.05, 3.63) is 12.3 Å². The molecule has 1 atom stereocenters. The van der Waals surface area contributed by atoms with E-state index < -0.39 is 8.32 Å². The summed E-state index contributed by atoms with van der Waals surface area (Å²) in [5.41, 5.74) is 0. The van der Waals surface area contributed by atoms with Crippen molar-refractivity contribution in [2.24, 2.45) is 0 Å². The Hall–Kier alpha value is -0.813. The zero-order valence-corrected chi connectivity index (χ0v) is 18.6. The molecule has 0 aromatic carbocycles. The van der Waals surface area contributed by atoms with Gasteiger partial charge in [0.2, 0.25) is 0 Å². The smallest absolute Gasteiger partial charge is 0.306 e. The zero-order valence-electron chi connectivity index (χ0n) is 17.6. The summed E-state index contributed by atoms with van der Waals surface area (Å²) in [7, 11) is -1.89. The largest absolute Gasteiger partial charge is 0.495 e. The van der Waals surface area contributed by atoms with Crippen LogP contribution in [0.15, 0.2) is 12.3 Å². The van der Waals surface area contributed by atoms with Crippen molar-refractivity contribution in [2.75, 3.05) is 13.2 Å². The molecule has 0 rings (SSSR count). The van der Waals surface area contributed by atoms with Crippen molar-refractivity contribution in [2.45, 2.75) is 97.4 Å². The van der Waals surface area contributed by atoms with Crippen molar-refractivity contribution < 1.29 is 18.7 Å². The van der Waals surface area contributed by atoms with Gasteiger partial charge < -0.3 is 13.9 Å². The second-order valence-corrected chi connectivity index (χ2v) is 13.0. The number of esters is 1. The lowest BCUT2D eigenvalue weighted by Gasteiger charge is -2.37. The van der Waals surface area contributed by atoms with Crippen LogP contribution in [-0.4, -0.2) is 33.6 Å². The van der Waals surface area contributed by atoms with Gasteiger partial charge in [0, 0.05) is 12.8 Å². The van der Waals surface area contributed by atoms with Crippen molar-refractivity contribution >= 4 is 14.3 Å². The van der Waals surface area contributed by atoms with Crippen LogP contribution in [0.25, 0.3) is 0 Å². The van der Waals surface area contributed by atoms with E-state index in [-0.39, 0.29) is 17.1 Å². The van der Waals surface area contributed by atoms with Gasteiger partial charge in [0.25, 0.3) is 0 Å². The summed E-state index contributed by atoms with van der Waals surface area (Å²) in [6.07, 6.45) is 4.90. The maximum atomic E-state index is 12.0. The number of ether oxygens (including phenoxy) is 2. The van der Waals surface area contributed by atoms with Crippen molar-refractivity contribution in [1.82, 2.24) is 0 Å². The molecule has 0 aliphatic heterocycles. The van der Waals surface area contributed by atoms with Crippen molar-refractivity contribution in [1.29, 1.82) is 0 Å². The average Bonchev–Trinajstić information content (AvgIpc) is 2.52. The third-order valence-corrected chi connectivity index (χ3v) is 9.25. The highest BCUT2D eigenvalue weighted by molar-refractivity contribution is 6.74. The van der Waals surface area contributed by atoms with Gasteiger partial charge in [-0.25, -0.2) is 0 Å². The number of allylic oxidation sites excluding steroid dienone is 1. The van der Waals surface area contributed by atoms with E-state index in [1.54, 1.807) is 0 Å². The lowest BCUT2D eigenvalue weighted by atomic mass is 10.2. The van der Waals surface area contributed by atoms with Gasteiger partial charge in [-0.1, -0.05) is 54.0 Å². The van der Waals surface area contributed by atoms with Crippen LogP contribution in [0.1, 0.15) is 73.1 Å². The Bertz CT molecular complexity index is 399. The predicted octanol–water partition coefficient (Wildman–Crippen LogP) is 5.83. The van der Waals surface area contributed by atoms with Gasteiger partial charge in [0.05, 0.1) is 12.4 Å². The van der Waals surface area contributed by atoms with Crippen LogP contribution in [0, 0.1) is 0 Å². The van der Waals surface area contributed by atoms with Crippen LogP contribution in [0.5, 0.6) is 0 Å². The van der Waals surface area contributed by atoms with E-state index in [2.05, 4.69) is 54.3 Å². The van der Waals surface area contributed by atoms with Crippen molar-refractivity contribution in [3.63, 3.8) is 0 Å². The Balaban J connectivity index is 4.66. The van der Waals surface area contributed by atoms with Gasteiger partial charge in [-0.05, 0) is 31.0 Å². The highest BCUT2D eigenvalue weighted by atomic mass is 28.4. The summed E-state index contributed by atoms with van der Waals surface area (Å²) in [6.45, 7) is 19.8. The lowest BCUT2D eigenvalue weighted by molar-refractivity contribution is -0.153. The fourth-order valence-corrected chi connectivity index (χ4v) is 2.89. The predicted molar refractivity (Wildman–Crippen MR) is 107 cm³/mol. The second kappa shape index (κ2) is 11.7. The van der Waals surface area contributed by atoms with Gasteiger partial charge in [-0.15, -0.1) is 0 Å². The maximum Gasteiger partial charge on any atom is 0.306 e. The standard InChI is InChI=1S/C20H40O4Si/c1-9-11-13-17(3)22-15-18(24-19(21)14-12-10-2)16-23-25(7,8)20(4,5)6/h18H,3,9-16H2,1-2,4-8H3. The quantitative estimate of drug-likeness (QED) is 0.232. The fourth-order valence-electron chi connectivity index (χ4n) is 1.86. The first-order valence-corrected chi connectivity index (χ1v) is 12.6. The maximum absolute atomic E-state index is 12.0. The van der Waals surface area contributed by atoms with E-state index in [9.17, 15) is 4.79 Å². The Morgan fingerprint density at radius 1 is 1.04 bits per heavy atom. The number of unbranched alkanes of at least 4 members (excludes halogenated alkanes) is 2. The molecule has 0 saturated heterocycles. The number of hydrogen-bond donors (Lipinski definition) is 0. The first kappa shape index (κ1) is 24.2. The fraction of sp³-hybridized carbons (Fsp3) is 0.850. The molecule has 148 valence electrons. The Morgan fingerprint density at radius 3 is 2.12 bits per heavy atom. The van der Waals surface area contributed by atoms with Crippen molar-refractivity contribution in [3.8, 4) is 0 Å². The van der Waals surface area contributed by atoms with Crippen LogP contribution in [0.2, 0.25) is 18.1 Å². The first-order chi connectivity index (χ1) is 11.5. The molecule has 5 heteroatoms. The molecule has 0 aromatic rings. The molecule has 0 fully saturated rings. The van der Waals surface area contributed by atoms with Gasteiger partial charge in [0.15, 0.2) is 14.4 Å². The SMILES string of the molecule is C=C(CCCC)OCC(CO[Si](C)(C)C(C)(C)C)OC(=O)CCCC. The molecule has 0 bridgehead atoms. The summed E-state index contributed by atoms with van der Waals surface area (Å²) < 4.78 is 17.6. The molecule has 0 aliphatic rings. The van der Waals surface area contributed by atoms with E-state index in [0.29, 0.717) is 19.6 Å². The Kier molecular flexibility index (Phi) is 11.4. The van der Waals surface area contributed by atoms with Crippen LogP contribution in [0.4, 0.5) is 0 Å². The third kappa shape index (κ3) is 10.7. The van der Waals surface area contributed by atoms with E-state index in [0.717, 1.165) is 37.9 Å². The second-order valence-electron chi connectivity index (χ2n) is 8.24. The summed E-state index contributed by atoms with van der Waals surface area (Å²) in [5, 5.41) is 0.120. The van der Waals surface area contributed by atoms with E-state index >= 15 is 0 Å². The number of carbonyl (C=O) groups is 1. The lowest BCUT2D eigenvalue weighted by Crippen LogP contribution is -2.44. The number of rotatable bonds is 13. The molecular weight excluding hydrogens is 332 g/mol. The highest BCUT2D eigenvalue weighted by Crippen LogP contribution is 2.36. The number of hydrogen-bond acceptors (Lipinski definition) is 4. The topological polar surface area (TPSA) is 44.8 Å². The van der Waals surface area contributed by atoms with Gasteiger partial charge in [0.1, 0.15) is 6.61 Å². The molecule has 1 unspecified atom stereocenters. The van der Waals surface area contributed by atoms with E-state index in [4.69, 9.17) is 13.9 Å². The van der Waals surface area contributed by atoms with E-state index in [1.807, 2.05) is 0 Å². The summed E-state index contributed by atoms with van der Waals surface area (Å²) in [5.74, 6) is 0.581. The summed E-state index contributed by atoms with van der Waals surface area (Å²) >= 11 is 0. The molecule has 4 nitrogen and oxygen atoms in total. The molecule has 25 heavy (non-hydrogen) atoms. The minimum absolute atomic E-state index is 0.120. The Morgan fingerprint density at radius 2 is 1.60 bits per heavy atom. The average molecular weight is 373 g/mol. The minimum Gasteiger partial charge on any atom is -0.495 e. The van der Waals surface area contributed by atoms with Crippen LogP contribution in [-0.2, 0) is 18.7 Å². The third-order valence-electron chi connectivity index (χ3n) is 4.75. The zero-order chi connectivity index (χ0) is 19.5. The summed E-state index contributed by atoms with van der Waals surface area (Å²) in [6, 6.07) is 0. The molecule has 0 amide bonds. The first-order valence-electron chi connectivity index (χ1n) is 9.67. The molecular formula is C20H40O4Si. The summed E-state index contributed by atoms with van der Waals surface area (Å²) in [4.78, 5) is 12.0. The van der Waals surface area contributed by atoms with Gasteiger partial charge in [-0.3, -0.25) is 4.79 Å². The van der Waals surface area contributed by atoms with Crippen LogP contribution in [0.3, 0.4) is 0 Å². The van der Waals surface area contributed by atoms with E-state index in [1.165, 1.54) is 0 Å². The van der Waals surface area contributed by atoms with Crippen LogP contribution >= 0.6 is 0 Å². The molecule has 0 saturated carbocycles. The molecule has 0 aliphatic carbocycles. The van der Waals surface area contributed by atoms with Crippen LogP contribution < -0.4 is 0 Å². The molecule has 0 heterocycles. The molecule has 0 spiro atoms. The normalized spacial score (nSPS) is 13.4. The van der Waals surface area contributed by atoms with Gasteiger partial charge >= 0.3 is 5.97 Å². The van der Waals surface area contributed by atoms with Gasteiger partial charge in [-0.2, -0.15) is 0 Å². The monoisotopic (exact) mass is 372 g/mol. The minimum atomic E-state index is -1.89. The molecule has 0 N–H and O–H groups in total. The number of carbonyl (C=O) groups excluding carboxylic acids is 1. The molecule has 0 aromatic heterocycles. The molecule has 0 radical (unpaired) electrons.